The third-order valence-corrected chi connectivity index (χ3v) is 4.51. The van der Waals surface area contributed by atoms with E-state index in [2.05, 4.69) is 26.8 Å². The molecule has 0 unspecified atom stereocenters. The van der Waals surface area contributed by atoms with Gasteiger partial charge >= 0.3 is 5.97 Å². The highest BCUT2D eigenvalue weighted by Gasteiger charge is 2.09. The number of halogens is 3. The van der Waals surface area contributed by atoms with Gasteiger partial charge in [0.2, 0.25) is 0 Å². The van der Waals surface area contributed by atoms with Gasteiger partial charge in [-0.05, 0) is 42.0 Å². The summed E-state index contributed by atoms with van der Waals surface area (Å²) in [5, 5.41) is 0.657. The number of esters is 1. The van der Waals surface area contributed by atoms with Crippen molar-refractivity contribution in [3.8, 4) is 0 Å². The highest BCUT2D eigenvalue weighted by Crippen LogP contribution is 2.26. The van der Waals surface area contributed by atoms with Crippen molar-refractivity contribution in [2.45, 2.75) is 0 Å². The minimum Gasteiger partial charge on any atom is -0.452 e. The molecule has 0 saturated carbocycles. The molecule has 2 amide bonds. The summed E-state index contributed by atoms with van der Waals surface area (Å²) in [6.07, 6.45) is 2.54. The van der Waals surface area contributed by atoms with Crippen LogP contribution < -0.4 is 10.9 Å². The van der Waals surface area contributed by atoms with Crippen molar-refractivity contribution in [3.05, 3.63) is 74.2 Å². The fourth-order valence-electron chi connectivity index (χ4n) is 1.83. The monoisotopic (exact) mass is 470 g/mol. The zero-order chi connectivity index (χ0) is 19.8. The Kier molecular flexibility index (Phi) is 7.84. The van der Waals surface area contributed by atoms with Crippen LogP contribution in [0.4, 0.5) is 0 Å². The molecule has 0 aliphatic carbocycles. The number of hydrazine groups is 1. The first kappa shape index (κ1) is 21.0. The number of nitrogens with one attached hydrogen (secondary N) is 2. The van der Waals surface area contributed by atoms with E-state index in [-0.39, 0.29) is 0 Å². The zero-order valence-corrected chi connectivity index (χ0v) is 16.8. The van der Waals surface area contributed by atoms with Gasteiger partial charge in [-0.2, -0.15) is 0 Å². The normalized spacial score (nSPS) is 10.5. The Morgan fingerprint density at radius 2 is 1.74 bits per heavy atom. The molecule has 27 heavy (non-hydrogen) atoms. The van der Waals surface area contributed by atoms with Crippen LogP contribution in [-0.2, 0) is 14.3 Å². The first-order valence-corrected chi connectivity index (χ1v) is 9.05. The third kappa shape index (κ3) is 6.71. The Hall–Kier alpha value is -2.35. The molecule has 0 heterocycles. The third-order valence-electron chi connectivity index (χ3n) is 3.15. The second kappa shape index (κ2) is 10.1. The van der Waals surface area contributed by atoms with E-state index < -0.39 is 24.4 Å². The number of hydrogen-bond acceptors (Lipinski definition) is 4. The summed E-state index contributed by atoms with van der Waals surface area (Å²) in [5.41, 5.74) is 5.26. The lowest BCUT2D eigenvalue weighted by Crippen LogP contribution is -2.43. The molecule has 0 aliphatic rings. The molecule has 2 aromatic carbocycles. The number of carbonyl (C=O) groups is 3. The van der Waals surface area contributed by atoms with E-state index in [0.717, 1.165) is 10.5 Å². The van der Waals surface area contributed by atoms with Gasteiger partial charge in [0.25, 0.3) is 11.8 Å². The first-order valence-electron chi connectivity index (χ1n) is 7.50. The molecule has 140 valence electrons. The predicted octanol–water partition coefficient (Wildman–Crippen LogP) is 3.77. The van der Waals surface area contributed by atoms with E-state index in [0.29, 0.717) is 21.2 Å². The first-order chi connectivity index (χ1) is 12.9. The Bertz CT molecular complexity index is 885. The predicted molar refractivity (Wildman–Crippen MR) is 106 cm³/mol. The standard InChI is InChI=1S/C18H13BrCl2N2O4/c19-13-7-4-12(5-8-13)18(26)23-22-15(24)10-27-16(25)9-6-11-2-1-3-14(20)17(11)21/h1-9H,10H2,(H,22,24)(H,23,26)/b9-6+. The summed E-state index contributed by atoms with van der Waals surface area (Å²) >= 11 is 15.1. The van der Waals surface area contributed by atoms with Gasteiger partial charge < -0.3 is 4.74 Å². The number of carbonyl (C=O) groups excluding carboxylic acids is 3. The SMILES string of the molecule is O=C(COC(=O)/C=C/c1cccc(Cl)c1Cl)NNC(=O)c1ccc(Br)cc1. The van der Waals surface area contributed by atoms with Crippen LogP contribution in [0.5, 0.6) is 0 Å². The molecule has 0 aromatic heterocycles. The van der Waals surface area contributed by atoms with Crippen molar-refractivity contribution in [3.63, 3.8) is 0 Å². The van der Waals surface area contributed by atoms with Crippen LogP contribution in [-0.4, -0.2) is 24.4 Å². The Balaban J connectivity index is 1.77. The summed E-state index contributed by atoms with van der Waals surface area (Å²) in [5.74, 6) is -1.94. The molecular formula is C18H13BrCl2N2O4. The van der Waals surface area contributed by atoms with Crippen LogP contribution in [0.2, 0.25) is 10.0 Å². The van der Waals surface area contributed by atoms with Crippen molar-refractivity contribution < 1.29 is 19.1 Å². The number of rotatable bonds is 5. The molecular weight excluding hydrogens is 459 g/mol. The molecule has 0 fully saturated rings. The van der Waals surface area contributed by atoms with Crippen molar-refractivity contribution in [2.75, 3.05) is 6.61 Å². The van der Waals surface area contributed by atoms with Crippen LogP contribution in [0, 0.1) is 0 Å². The molecule has 0 aliphatic heterocycles. The van der Waals surface area contributed by atoms with Crippen molar-refractivity contribution in [1.82, 2.24) is 10.9 Å². The molecule has 2 N–H and O–H groups in total. The largest absolute Gasteiger partial charge is 0.452 e. The summed E-state index contributed by atoms with van der Waals surface area (Å²) in [4.78, 5) is 35.1. The lowest BCUT2D eigenvalue weighted by molar-refractivity contribution is -0.144. The number of benzene rings is 2. The van der Waals surface area contributed by atoms with Gasteiger partial charge in [-0.25, -0.2) is 4.79 Å². The van der Waals surface area contributed by atoms with Crippen LogP contribution in [0.15, 0.2) is 53.0 Å². The van der Waals surface area contributed by atoms with Crippen molar-refractivity contribution in [1.29, 1.82) is 0 Å². The summed E-state index contributed by atoms with van der Waals surface area (Å²) in [6, 6.07) is 11.5. The summed E-state index contributed by atoms with van der Waals surface area (Å²) in [6.45, 7) is -0.562. The Labute approximate surface area is 173 Å². The second-order valence-electron chi connectivity index (χ2n) is 5.09. The maximum atomic E-state index is 11.8. The van der Waals surface area contributed by atoms with Crippen LogP contribution >= 0.6 is 39.1 Å². The van der Waals surface area contributed by atoms with Gasteiger partial charge in [0.1, 0.15) is 0 Å². The molecule has 9 heteroatoms. The van der Waals surface area contributed by atoms with Gasteiger partial charge in [0, 0.05) is 16.1 Å². The van der Waals surface area contributed by atoms with Gasteiger partial charge in [0.15, 0.2) is 6.61 Å². The number of ether oxygens (including phenoxy) is 1. The minimum absolute atomic E-state index is 0.302. The average Bonchev–Trinajstić information content (AvgIpc) is 2.66. The molecule has 0 saturated heterocycles. The smallest absolute Gasteiger partial charge is 0.331 e. The Morgan fingerprint density at radius 3 is 2.44 bits per heavy atom. The van der Waals surface area contributed by atoms with Crippen molar-refractivity contribution >= 4 is 63.0 Å². The fraction of sp³-hybridized carbons (Fsp3) is 0.0556. The van der Waals surface area contributed by atoms with E-state index in [1.165, 1.54) is 6.08 Å². The summed E-state index contributed by atoms with van der Waals surface area (Å²) in [7, 11) is 0. The van der Waals surface area contributed by atoms with Gasteiger partial charge in [-0.15, -0.1) is 0 Å². The van der Waals surface area contributed by atoms with Crippen molar-refractivity contribution in [2.24, 2.45) is 0 Å². The van der Waals surface area contributed by atoms with E-state index in [1.807, 2.05) is 0 Å². The highest BCUT2D eigenvalue weighted by molar-refractivity contribution is 9.10. The maximum absolute atomic E-state index is 11.8. The van der Waals surface area contributed by atoms with Crippen LogP contribution in [0.25, 0.3) is 6.08 Å². The Morgan fingerprint density at radius 1 is 1.04 bits per heavy atom. The van der Waals surface area contributed by atoms with Crippen LogP contribution in [0.1, 0.15) is 15.9 Å². The topological polar surface area (TPSA) is 84.5 Å². The van der Waals surface area contributed by atoms with Crippen LogP contribution in [0.3, 0.4) is 0 Å². The molecule has 2 aromatic rings. The van der Waals surface area contributed by atoms with E-state index in [9.17, 15) is 14.4 Å². The molecule has 2 rings (SSSR count). The van der Waals surface area contributed by atoms with Gasteiger partial charge in [-0.1, -0.05) is 51.3 Å². The maximum Gasteiger partial charge on any atom is 0.331 e. The zero-order valence-electron chi connectivity index (χ0n) is 13.7. The minimum atomic E-state index is -0.750. The van der Waals surface area contributed by atoms with E-state index in [1.54, 1.807) is 42.5 Å². The molecule has 0 radical (unpaired) electrons. The second-order valence-corrected chi connectivity index (χ2v) is 6.79. The van der Waals surface area contributed by atoms with Gasteiger partial charge in [0.05, 0.1) is 10.0 Å². The molecule has 0 atom stereocenters. The number of amides is 2. The molecule has 0 spiro atoms. The quantitative estimate of drug-likeness (QED) is 0.395. The lowest BCUT2D eigenvalue weighted by Gasteiger charge is -2.07. The van der Waals surface area contributed by atoms with Gasteiger partial charge in [-0.3, -0.25) is 20.4 Å². The molecule has 0 bridgehead atoms. The number of hydrogen-bond donors (Lipinski definition) is 2. The molecule has 6 nitrogen and oxygen atoms in total. The highest BCUT2D eigenvalue weighted by atomic mass is 79.9. The fourth-order valence-corrected chi connectivity index (χ4v) is 2.46. The van der Waals surface area contributed by atoms with E-state index >= 15 is 0 Å². The summed E-state index contributed by atoms with van der Waals surface area (Å²) < 4.78 is 5.60. The lowest BCUT2D eigenvalue weighted by atomic mass is 10.2. The van der Waals surface area contributed by atoms with E-state index in [4.69, 9.17) is 27.9 Å². The average molecular weight is 472 g/mol.